The van der Waals surface area contributed by atoms with E-state index in [-0.39, 0.29) is 23.4 Å². The van der Waals surface area contributed by atoms with Crippen LogP contribution in [0.2, 0.25) is 0 Å². The molecule has 1 N–H and O–H groups in total. The molecule has 1 heterocycles. The van der Waals surface area contributed by atoms with Crippen molar-refractivity contribution in [1.29, 1.82) is 0 Å². The lowest BCUT2D eigenvalue weighted by Gasteiger charge is -2.37. The number of nitrogens with one attached hydrogen (secondary N) is 1. The number of likely N-dealkylation sites (tertiary alicyclic amines) is 1. The Bertz CT molecular complexity index is 583. The minimum Gasteiger partial charge on any atom is -0.493 e. The number of benzene rings is 1. The summed E-state index contributed by atoms with van der Waals surface area (Å²) in [4.78, 5) is 14.7. The first kappa shape index (κ1) is 19.3. The first-order valence-electron chi connectivity index (χ1n) is 8.66. The summed E-state index contributed by atoms with van der Waals surface area (Å²) in [5, 5.41) is 3.08. The van der Waals surface area contributed by atoms with E-state index in [9.17, 15) is 13.6 Å². The van der Waals surface area contributed by atoms with Gasteiger partial charge in [0.15, 0.2) is 11.5 Å². The van der Waals surface area contributed by atoms with Gasteiger partial charge in [0, 0.05) is 24.3 Å². The SMILES string of the molecule is CCC1CCCCN1C(=O)C(C)Nc1ccc(OC)c(OC(F)F)c1. The molecule has 1 aliphatic heterocycles. The second-order valence-corrected chi connectivity index (χ2v) is 6.20. The third-order valence-electron chi connectivity index (χ3n) is 4.51. The third kappa shape index (κ3) is 4.96. The summed E-state index contributed by atoms with van der Waals surface area (Å²) in [5.41, 5.74) is 0.530. The number of rotatable bonds is 7. The summed E-state index contributed by atoms with van der Waals surface area (Å²) in [6, 6.07) is 4.45. The molecule has 1 aromatic rings. The van der Waals surface area contributed by atoms with Gasteiger partial charge < -0.3 is 19.7 Å². The van der Waals surface area contributed by atoms with Gasteiger partial charge in [-0.25, -0.2) is 0 Å². The van der Waals surface area contributed by atoms with Crippen molar-refractivity contribution in [1.82, 2.24) is 4.90 Å². The van der Waals surface area contributed by atoms with E-state index in [1.807, 2.05) is 4.90 Å². The predicted molar refractivity (Wildman–Crippen MR) is 92.4 cm³/mol. The number of amides is 1. The molecule has 1 aromatic carbocycles. The van der Waals surface area contributed by atoms with E-state index < -0.39 is 12.7 Å². The zero-order valence-corrected chi connectivity index (χ0v) is 14.9. The predicted octanol–water partition coefficient (Wildman–Crippen LogP) is 3.89. The molecule has 1 saturated heterocycles. The number of carbonyl (C=O) groups is 1. The number of piperidine rings is 1. The van der Waals surface area contributed by atoms with Gasteiger partial charge in [-0.3, -0.25) is 4.79 Å². The number of halogens is 2. The van der Waals surface area contributed by atoms with Crippen molar-refractivity contribution in [2.75, 3.05) is 19.0 Å². The summed E-state index contributed by atoms with van der Waals surface area (Å²) in [6.07, 6.45) is 4.14. The second-order valence-electron chi connectivity index (χ2n) is 6.20. The smallest absolute Gasteiger partial charge is 0.387 e. The number of hydrogen-bond donors (Lipinski definition) is 1. The Kier molecular flexibility index (Phi) is 6.84. The van der Waals surface area contributed by atoms with Gasteiger partial charge in [0.1, 0.15) is 6.04 Å². The summed E-state index contributed by atoms with van der Waals surface area (Å²) in [5.74, 6) is 0.178. The largest absolute Gasteiger partial charge is 0.493 e. The van der Waals surface area contributed by atoms with Gasteiger partial charge >= 0.3 is 6.61 Å². The second kappa shape index (κ2) is 8.87. The zero-order valence-electron chi connectivity index (χ0n) is 14.9. The van der Waals surface area contributed by atoms with Crippen LogP contribution in [-0.4, -0.2) is 43.2 Å². The summed E-state index contributed by atoms with van der Waals surface area (Å²) in [7, 11) is 1.38. The molecule has 25 heavy (non-hydrogen) atoms. The van der Waals surface area contributed by atoms with Crippen molar-refractivity contribution in [2.24, 2.45) is 0 Å². The molecule has 5 nitrogen and oxygen atoms in total. The van der Waals surface area contributed by atoms with E-state index >= 15 is 0 Å². The van der Waals surface area contributed by atoms with Gasteiger partial charge in [-0.05, 0) is 44.7 Å². The van der Waals surface area contributed by atoms with Crippen LogP contribution in [0.4, 0.5) is 14.5 Å². The van der Waals surface area contributed by atoms with Crippen molar-refractivity contribution >= 4 is 11.6 Å². The van der Waals surface area contributed by atoms with Crippen LogP contribution < -0.4 is 14.8 Å². The molecule has 0 radical (unpaired) electrons. The highest BCUT2D eigenvalue weighted by molar-refractivity contribution is 5.84. The topological polar surface area (TPSA) is 50.8 Å². The monoisotopic (exact) mass is 356 g/mol. The fourth-order valence-electron chi connectivity index (χ4n) is 3.23. The molecule has 2 atom stereocenters. The number of carbonyl (C=O) groups excluding carboxylic acids is 1. The van der Waals surface area contributed by atoms with E-state index in [1.165, 1.54) is 19.2 Å². The molecule has 0 spiro atoms. The Morgan fingerprint density at radius 2 is 2.12 bits per heavy atom. The number of ether oxygens (including phenoxy) is 2. The van der Waals surface area contributed by atoms with E-state index in [4.69, 9.17) is 4.74 Å². The van der Waals surface area contributed by atoms with Crippen LogP contribution in [-0.2, 0) is 4.79 Å². The van der Waals surface area contributed by atoms with Gasteiger partial charge in [-0.2, -0.15) is 8.78 Å². The van der Waals surface area contributed by atoms with E-state index in [2.05, 4.69) is 17.0 Å². The van der Waals surface area contributed by atoms with Crippen LogP contribution in [0.25, 0.3) is 0 Å². The first-order chi connectivity index (χ1) is 12.0. The van der Waals surface area contributed by atoms with Crippen molar-refractivity contribution in [2.45, 2.75) is 58.2 Å². The van der Waals surface area contributed by atoms with Gasteiger partial charge in [-0.15, -0.1) is 0 Å². The average Bonchev–Trinajstić information content (AvgIpc) is 2.60. The molecule has 1 amide bonds. The van der Waals surface area contributed by atoms with Crippen molar-refractivity contribution in [3.05, 3.63) is 18.2 Å². The molecule has 2 rings (SSSR count). The molecule has 2 unspecified atom stereocenters. The van der Waals surface area contributed by atoms with Gasteiger partial charge in [0.25, 0.3) is 0 Å². The highest BCUT2D eigenvalue weighted by Crippen LogP contribution is 2.32. The highest BCUT2D eigenvalue weighted by atomic mass is 19.3. The number of hydrogen-bond acceptors (Lipinski definition) is 4. The Hall–Kier alpha value is -2.05. The normalized spacial score (nSPS) is 18.8. The van der Waals surface area contributed by atoms with Crippen LogP contribution in [0, 0.1) is 0 Å². The third-order valence-corrected chi connectivity index (χ3v) is 4.51. The fraction of sp³-hybridized carbons (Fsp3) is 0.611. The maximum Gasteiger partial charge on any atom is 0.387 e. The highest BCUT2D eigenvalue weighted by Gasteiger charge is 2.28. The Morgan fingerprint density at radius 3 is 2.76 bits per heavy atom. The van der Waals surface area contributed by atoms with Crippen LogP contribution in [0.1, 0.15) is 39.5 Å². The van der Waals surface area contributed by atoms with Gasteiger partial charge in [0.05, 0.1) is 7.11 Å². The molecule has 1 fully saturated rings. The Labute approximate surface area is 147 Å². The quantitative estimate of drug-likeness (QED) is 0.805. The Balaban J connectivity index is 2.08. The minimum absolute atomic E-state index is 0.0266. The molecular weight excluding hydrogens is 330 g/mol. The molecule has 7 heteroatoms. The summed E-state index contributed by atoms with van der Waals surface area (Å²) in [6.45, 7) is 1.70. The van der Waals surface area contributed by atoms with Crippen molar-refractivity contribution in [3.63, 3.8) is 0 Å². The van der Waals surface area contributed by atoms with Crippen LogP contribution in [0.15, 0.2) is 18.2 Å². The first-order valence-corrected chi connectivity index (χ1v) is 8.66. The van der Waals surface area contributed by atoms with Gasteiger partial charge in [-0.1, -0.05) is 6.92 Å². The van der Waals surface area contributed by atoms with E-state index in [1.54, 1.807) is 13.0 Å². The average molecular weight is 356 g/mol. The van der Waals surface area contributed by atoms with Gasteiger partial charge in [0.2, 0.25) is 5.91 Å². The minimum atomic E-state index is -2.94. The van der Waals surface area contributed by atoms with Crippen LogP contribution in [0.5, 0.6) is 11.5 Å². The summed E-state index contributed by atoms with van der Waals surface area (Å²) >= 11 is 0. The lowest BCUT2D eigenvalue weighted by Crippen LogP contribution is -2.49. The van der Waals surface area contributed by atoms with Crippen molar-refractivity contribution < 1.29 is 23.0 Å². The van der Waals surface area contributed by atoms with Crippen LogP contribution >= 0.6 is 0 Å². The standard InChI is InChI=1S/C18H26F2N2O3/c1-4-14-7-5-6-10-22(14)17(23)12(2)21-13-8-9-15(24-3)16(11-13)25-18(19)20/h8-9,11-12,14,18,21H,4-7,10H2,1-3H3. The lowest BCUT2D eigenvalue weighted by molar-refractivity contribution is -0.135. The lowest BCUT2D eigenvalue weighted by atomic mass is 9.99. The van der Waals surface area contributed by atoms with Crippen LogP contribution in [0.3, 0.4) is 0 Å². The number of alkyl halides is 2. The maximum atomic E-state index is 12.7. The maximum absolute atomic E-state index is 12.7. The molecule has 0 saturated carbocycles. The number of nitrogens with zero attached hydrogens (tertiary/aromatic N) is 1. The molecule has 0 aromatic heterocycles. The Morgan fingerprint density at radius 1 is 1.36 bits per heavy atom. The van der Waals surface area contributed by atoms with E-state index in [0.717, 1.165) is 32.2 Å². The molecule has 0 bridgehead atoms. The fourth-order valence-corrected chi connectivity index (χ4v) is 3.23. The molecule has 140 valence electrons. The molecule has 1 aliphatic rings. The molecule has 0 aliphatic carbocycles. The number of anilines is 1. The number of methoxy groups -OCH3 is 1. The van der Waals surface area contributed by atoms with Crippen molar-refractivity contribution in [3.8, 4) is 11.5 Å². The summed E-state index contributed by atoms with van der Waals surface area (Å²) < 4.78 is 34.5. The molecular formula is C18H26F2N2O3. The zero-order chi connectivity index (χ0) is 18.4. The van der Waals surface area contributed by atoms with E-state index in [0.29, 0.717) is 5.69 Å².